The van der Waals surface area contributed by atoms with Crippen molar-refractivity contribution in [3.05, 3.63) is 42.5 Å². The molecule has 1 amide bonds. The van der Waals surface area contributed by atoms with Crippen LogP contribution in [0.25, 0.3) is 11.1 Å². The number of hydrogen-bond donors (Lipinski definition) is 1. The molecule has 0 aromatic carbocycles. The van der Waals surface area contributed by atoms with E-state index in [0.29, 0.717) is 6.04 Å². The molecule has 1 aliphatic rings. The highest BCUT2D eigenvalue weighted by atomic mass is 16.2. The number of nitrogens with zero attached hydrogens (tertiary/aromatic N) is 2. The van der Waals surface area contributed by atoms with Crippen LogP contribution >= 0.6 is 0 Å². The number of nitrogens with one attached hydrogen (secondary N) is 1. The predicted molar refractivity (Wildman–Crippen MR) is 92.3 cm³/mol. The van der Waals surface area contributed by atoms with Gasteiger partial charge >= 0.3 is 0 Å². The van der Waals surface area contributed by atoms with Gasteiger partial charge in [0.1, 0.15) is 5.69 Å². The molecule has 2 aromatic heterocycles. The van der Waals surface area contributed by atoms with E-state index in [-0.39, 0.29) is 5.91 Å². The Morgan fingerprint density at radius 2 is 1.96 bits per heavy atom. The monoisotopic (exact) mass is 311 g/mol. The Morgan fingerprint density at radius 1 is 1.22 bits per heavy atom. The highest BCUT2D eigenvalue weighted by Crippen LogP contribution is 2.23. The lowest BCUT2D eigenvalue weighted by atomic mass is 9.95. The molecule has 0 bridgehead atoms. The van der Waals surface area contributed by atoms with Crippen LogP contribution in [0.15, 0.2) is 36.8 Å². The Labute approximate surface area is 137 Å². The first-order valence-corrected chi connectivity index (χ1v) is 8.69. The summed E-state index contributed by atoms with van der Waals surface area (Å²) in [6.07, 6.45) is 12.6. The molecular weight excluding hydrogens is 286 g/mol. The van der Waals surface area contributed by atoms with Gasteiger partial charge in [-0.2, -0.15) is 0 Å². The van der Waals surface area contributed by atoms with Crippen molar-refractivity contribution in [2.45, 2.75) is 58.0 Å². The third-order valence-corrected chi connectivity index (χ3v) is 4.55. The van der Waals surface area contributed by atoms with Gasteiger partial charge in [0.05, 0.1) is 0 Å². The highest BCUT2D eigenvalue weighted by Gasteiger charge is 2.19. The molecule has 1 saturated carbocycles. The smallest absolute Gasteiger partial charge is 0.268 e. The Bertz CT molecular complexity index is 642. The molecule has 1 aliphatic carbocycles. The molecular formula is C19H25N3O. The van der Waals surface area contributed by atoms with Crippen molar-refractivity contribution >= 4 is 5.91 Å². The lowest BCUT2D eigenvalue weighted by Crippen LogP contribution is -2.37. The average Bonchev–Trinajstić information content (AvgIpc) is 3.01. The van der Waals surface area contributed by atoms with Gasteiger partial charge in [-0.3, -0.25) is 9.78 Å². The minimum atomic E-state index is 0.0608. The second-order valence-electron chi connectivity index (χ2n) is 6.35. The summed E-state index contributed by atoms with van der Waals surface area (Å²) < 4.78 is 2.08. The number of carbonyl (C=O) groups excluding carboxylic acids is 1. The minimum absolute atomic E-state index is 0.0608. The molecule has 0 radical (unpaired) electrons. The van der Waals surface area contributed by atoms with Gasteiger partial charge in [0.15, 0.2) is 0 Å². The minimum Gasteiger partial charge on any atom is -0.348 e. The highest BCUT2D eigenvalue weighted by molar-refractivity contribution is 5.94. The molecule has 0 aliphatic heterocycles. The van der Waals surface area contributed by atoms with Crippen LogP contribution in [0, 0.1) is 0 Å². The zero-order valence-electron chi connectivity index (χ0n) is 13.8. The second-order valence-corrected chi connectivity index (χ2v) is 6.35. The van der Waals surface area contributed by atoms with Crippen molar-refractivity contribution in [2.75, 3.05) is 0 Å². The molecule has 122 valence electrons. The topological polar surface area (TPSA) is 46.9 Å². The zero-order valence-corrected chi connectivity index (χ0v) is 13.8. The molecule has 3 rings (SSSR count). The van der Waals surface area contributed by atoms with Crippen molar-refractivity contribution in [3.63, 3.8) is 0 Å². The first-order chi connectivity index (χ1) is 11.3. The van der Waals surface area contributed by atoms with Crippen molar-refractivity contribution in [1.29, 1.82) is 0 Å². The summed E-state index contributed by atoms with van der Waals surface area (Å²) in [4.78, 5) is 16.8. The van der Waals surface area contributed by atoms with Crippen LogP contribution in [0.2, 0.25) is 0 Å². The fraction of sp³-hybridized carbons (Fsp3) is 0.474. The first kappa shape index (κ1) is 15.8. The van der Waals surface area contributed by atoms with Crippen molar-refractivity contribution in [3.8, 4) is 11.1 Å². The van der Waals surface area contributed by atoms with Crippen molar-refractivity contribution in [2.24, 2.45) is 0 Å². The van der Waals surface area contributed by atoms with E-state index in [1.54, 1.807) is 12.4 Å². The summed E-state index contributed by atoms with van der Waals surface area (Å²) in [6, 6.07) is 6.30. The predicted octanol–water partition coefficient (Wildman–Crippen LogP) is 4.02. The molecule has 23 heavy (non-hydrogen) atoms. The van der Waals surface area contributed by atoms with Gasteiger partial charge in [0.25, 0.3) is 5.91 Å². The van der Waals surface area contributed by atoms with Gasteiger partial charge in [-0.1, -0.05) is 26.2 Å². The van der Waals surface area contributed by atoms with Crippen LogP contribution in [-0.4, -0.2) is 21.5 Å². The quantitative estimate of drug-likeness (QED) is 0.906. The van der Waals surface area contributed by atoms with E-state index in [2.05, 4.69) is 28.0 Å². The Hall–Kier alpha value is -2.10. The van der Waals surface area contributed by atoms with E-state index in [1.165, 1.54) is 19.3 Å². The Balaban J connectivity index is 1.81. The summed E-state index contributed by atoms with van der Waals surface area (Å²) >= 11 is 0. The maximum Gasteiger partial charge on any atom is 0.268 e. The van der Waals surface area contributed by atoms with Crippen LogP contribution in [0.4, 0.5) is 0 Å². The van der Waals surface area contributed by atoms with Crippen LogP contribution in [0.3, 0.4) is 0 Å². The standard InChI is InChI=1S/C19H25N3O/c1-2-12-22-14-16(15-8-10-20-11-9-15)13-18(22)19(23)21-17-6-4-3-5-7-17/h8-11,13-14,17H,2-7,12H2,1H3,(H,21,23). The SMILES string of the molecule is CCCn1cc(-c2ccncc2)cc1C(=O)NC1CCCCC1. The van der Waals surface area contributed by atoms with Gasteiger partial charge in [0.2, 0.25) is 0 Å². The van der Waals surface area contributed by atoms with Crippen molar-refractivity contribution in [1.82, 2.24) is 14.9 Å². The Kier molecular flexibility index (Phi) is 5.11. The van der Waals surface area contributed by atoms with E-state index >= 15 is 0 Å². The van der Waals surface area contributed by atoms with Crippen molar-refractivity contribution < 1.29 is 4.79 Å². The number of amides is 1. The van der Waals surface area contributed by atoms with Crippen LogP contribution < -0.4 is 5.32 Å². The fourth-order valence-corrected chi connectivity index (χ4v) is 3.34. The van der Waals surface area contributed by atoms with E-state index in [9.17, 15) is 4.79 Å². The largest absolute Gasteiger partial charge is 0.348 e. The number of carbonyl (C=O) groups is 1. The normalized spacial score (nSPS) is 15.5. The van der Waals surface area contributed by atoms with E-state index in [1.807, 2.05) is 18.2 Å². The molecule has 2 aromatic rings. The Morgan fingerprint density at radius 3 is 2.65 bits per heavy atom. The number of aryl methyl sites for hydroxylation is 1. The summed E-state index contributed by atoms with van der Waals surface area (Å²) in [5, 5.41) is 3.23. The van der Waals surface area contributed by atoms with Crippen LogP contribution in [0.1, 0.15) is 55.9 Å². The lowest BCUT2D eigenvalue weighted by molar-refractivity contribution is 0.0918. The van der Waals surface area contributed by atoms with E-state index in [0.717, 1.165) is 42.6 Å². The number of hydrogen-bond acceptors (Lipinski definition) is 2. The summed E-state index contributed by atoms with van der Waals surface area (Å²) in [7, 11) is 0. The number of aromatic nitrogens is 2. The molecule has 2 heterocycles. The number of rotatable bonds is 5. The van der Waals surface area contributed by atoms with Gasteiger partial charge in [-0.15, -0.1) is 0 Å². The van der Waals surface area contributed by atoms with Gasteiger partial charge < -0.3 is 9.88 Å². The number of pyridine rings is 1. The summed E-state index contributed by atoms with van der Waals surface area (Å²) in [6.45, 7) is 2.99. The second kappa shape index (κ2) is 7.44. The maximum absolute atomic E-state index is 12.7. The van der Waals surface area contributed by atoms with Crippen LogP contribution in [-0.2, 0) is 6.54 Å². The molecule has 1 fully saturated rings. The first-order valence-electron chi connectivity index (χ1n) is 8.69. The molecule has 0 spiro atoms. The zero-order chi connectivity index (χ0) is 16.1. The molecule has 1 N–H and O–H groups in total. The van der Waals surface area contributed by atoms with Gasteiger partial charge in [-0.05, 0) is 43.0 Å². The third kappa shape index (κ3) is 3.81. The maximum atomic E-state index is 12.7. The summed E-state index contributed by atoms with van der Waals surface area (Å²) in [5.41, 5.74) is 2.94. The lowest BCUT2D eigenvalue weighted by Gasteiger charge is -2.23. The molecule has 0 unspecified atom stereocenters. The summed E-state index contributed by atoms with van der Waals surface area (Å²) in [5.74, 6) is 0.0608. The fourth-order valence-electron chi connectivity index (χ4n) is 3.34. The van der Waals surface area contributed by atoms with Gasteiger partial charge in [-0.25, -0.2) is 0 Å². The third-order valence-electron chi connectivity index (χ3n) is 4.55. The van der Waals surface area contributed by atoms with Gasteiger partial charge in [0, 0.05) is 36.7 Å². The molecule has 4 nitrogen and oxygen atoms in total. The molecule has 0 saturated heterocycles. The van der Waals surface area contributed by atoms with Crippen LogP contribution in [0.5, 0.6) is 0 Å². The molecule has 0 atom stereocenters. The van der Waals surface area contributed by atoms with E-state index < -0.39 is 0 Å². The van der Waals surface area contributed by atoms with E-state index in [4.69, 9.17) is 0 Å². The molecule has 4 heteroatoms. The average molecular weight is 311 g/mol.